The van der Waals surface area contributed by atoms with E-state index in [-0.39, 0.29) is 18.6 Å². The fourth-order valence-electron chi connectivity index (χ4n) is 2.77. The lowest BCUT2D eigenvalue weighted by atomic mass is 10.2. The average molecular weight is 430 g/mol. The molecule has 9 nitrogen and oxygen atoms in total. The normalized spacial score (nSPS) is 10.4. The summed E-state index contributed by atoms with van der Waals surface area (Å²) in [6.07, 6.45) is 0. The Morgan fingerprint density at radius 3 is 2.43 bits per heavy atom. The van der Waals surface area contributed by atoms with Gasteiger partial charge in [0.25, 0.3) is 5.56 Å². The first-order valence-electron chi connectivity index (χ1n) is 9.02. The molecule has 1 aromatic carbocycles. The van der Waals surface area contributed by atoms with Crippen LogP contribution >= 0.6 is 11.3 Å². The molecule has 158 valence electrons. The van der Waals surface area contributed by atoms with Gasteiger partial charge in [0, 0.05) is 24.7 Å². The first-order valence-corrected chi connectivity index (χ1v) is 9.90. The predicted molar refractivity (Wildman–Crippen MR) is 115 cm³/mol. The molecular weight excluding hydrogens is 408 g/mol. The molecule has 0 unspecified atom stereocenters. The smallest absolute Gasteiger partial charge is 0.319 e. The third-order valence-electron chi connectivity index (χ3n) is 4.17. The maximum absolute atomic E-state index is 12.3. The summed E-state index contributed by atoms with van der Waals surface area (Å²) in [5.74, 6) is 1.28. The van der Waals surface area contributed by atoms with Gasteiger partial charge in [0.2, 0.25) is 5.75 Å². The number of urea groups is 1. The second-order valence-electron chi connectivity index (χ2n) is 6.05. The standard InChI is InChI=1S/C20H22N4O5S/c1-27-15-11-13(12-16(28-2)19(15)29-3)22-20(26)21-8-9-24-18(25)7-6-14(23-24)17-5-4-10-30-17/h4-7,10-12H,8-9H2,1-3H3,(H2,21,22,26). The van der Waals surface area contributed by atoms with Crippen LogP contribution in [0.25, 0.3) is 10.6 Å². The Morgan fingerprint density at radius 1 is 1.10 bits per heavy atom. The fourth-order valence-corrected chi connectivity index (χ4v) is 3.46. The number of hydrogen-bond acceptors (Lipinski definition) is 7. The lowest BCUT2D eigenvalue weighted by Gasteiger charge is -2.15. The molecule has 0 saturated carbocycles. The highest BCUT2D eigenvalue weighted by Gasteiger charge is 2.14. The molecule has 2 amide bonds. The highest BCUT2D eigenvalue weighted by atomic mass is 32.1. The van der Waals surface area contributed by atoms with Crippen molar-refractivity contribution in [2.24, 2.45) is 0 Å². The number of nitrogens with zero attached hydrogens (tertiary/aromatic N) is 2. The van der Waals surface area contributed by atoms with Gasteiger partial charge in [0.05, 0.1) is 38.4 Å². The third-order valence-corrected chi connectivity index (χ3v) is 5.06. The third kappa shape index (κ3) is 4.90. The monoisotopic (exact) mass is 430 g/mol. The average Bonchev–Trinajstić information content (AvgIpc) is 3.29. The SMILES string of the molecule is COc1cc(NC(=O)NCCn2nc(-c3cccs3)ccc2=O)cc(OC)c1OC. The Balaban J connectivity index is 1.62. The molecule has 30 heavy (non-hydrogen) atoms. The molecule has 0 bridgehead atoms. The van der Waals surface area contributed by atoms with E-state index in [9.17, 15) is 9.59 Å². The van der Waals surface area contributed by atoms with E-state index < -0.39 is 6.03 Å². The van der Waals surface area contributed by atoms with Crippen molar-refractivity contribution in [1.82, 2.24) is 15.1 Å². The molecule has 10 heteroatoms. The molecule has 3 aromatic rings. The van der Waals surface area contributed by atoms with Crippen LogP contribution in [0, 0.1) is 0 Å². The van der Waals surface area contributed by atoms with Crippen LogP contribution in [0.15, 0.2) is 46.6 Å². The van der Waals surface area contributed by atoms with Crippen molar-refractivity contribution in [3.8, 4) is 27.8 Å². The fraction of sp³-hybridized carbons (Fsp3) is 0.250. The second kappa shape index (κ2) is 9.79. The van der Waals surface area contributed by atoms with Crippen molar-refractivity contribution in [3.05, 3.63) is 52.1 Å². The van der Waals surface area contributed by atoms with Gasteiger partial charge in [-0.2, -0.15) is 5.10 Å². The minimum Gasteiger partial charge on any atom is -0.493 e. The van der Waals surface area contributed by atoms with E-state index in [4.69, 9.17) is 14.2 Å². The zero-order chi connectivity index (χ0) is 21.5. The van der Waals surface area contributed by atoms with Crippen LogP contribution in [-0.2, 0) is 6.54 Å². The summed E-state index contributed by atoms with van der Waals surface area (Å²) in [5.41, 5.74) is 0.950. The van der Waals surface area contributed by atoms with Gasteiger partial charge in [-0.25, -0.2) is 9.48 Å². The lowest BCUT2D eigenvalue weighted by molar-refractivity contribution is 0.251. The quantitative estimate of drug-likeness (QED) is 0.570. The van der Waals surface area contributed by atoms with Crippen LogP contribution in [0.5, 0.6) is 17.2 Å². The van der Waals surface area contributed by atoms with Crippen molar-refractivity contribution in [2.75, 3.05) is 33.2 Å². The van der Waals surface area contributed by atoms with E-state index in [1.165, 1.54) is 32.1 Å². The molecular formula is C20H22N4O5S. The van der Waals surface area contributed by atoms with Crippen LogP contribution < -0.4 is 30.4 Å². The number of nitrogens with one attached hydrogen (secondary N) is 2. The molecule has 0 fully saturated rings. The van der Waals surface area contributed by atoms with E-state index >= 15 is 0 Å². The Morgan fingerprint density at radius 2 is 1.83 bits per heavy atom. The summed E-state index contributed by atoms with van der Waals surface area (Å²) in [4.78, 5) is 25.3. The van der Waals surface area contributed by atoms with E-state index in [1.807, 2.05) is 17.5 Å². The van der Waals surface area contributed by atoms with Gasteiger partial charge in [0.1, 0.15) is 5.69 Å². The number of amides is 2. The number of aromatic nitrogens is 2. The second-order valence-corrected chi connectivity index (χ2v) is 7.00. The Kier molecular flexibility index (Phi) is 6.91. The molecule has 0 atom stereocenters. The zero-order valence-electron chi connectivity index (χ0n) is 16.8. The molecule has 0 aliphatic carbocycles. The van der Waals surface area contributed by atoms with Crippen LogP contribution in [0.2, 0.25) is 0 Å². The summed E-state index contributed by atoms with van der Waals surface area (Å²) in [6.45, 7) is 0.456. The first kappa shape index (κ1) is 21.2. The first-order chi connectivity index (χ1) is 14.5. The predicted octanol–water partition coefficient (Wildman–Crippen LogP) is 2.82. The largest absolute Gasteiger partial charge is 0.493 e. The van der Waals surface area contributed by atoms with Crippen LogP contribution in [0.1, 0.15) is 0 Å². The minimum absolute atomic E-state index is 0.219. The van der Waals surface area contributed by atoms with E-state index in [2.05, 4.69) is 15.7 Å². The van der Waals surface area contributed by atoms with Gasteiger partial charge >= 0.3 is 6.03 Å². The number of anilines is 1. The molecule has 0 radical (unpaired) electrons. The summed E-state index contributed by atoms with van der Waals surface area (Å²) < 4.78 is 17.1. The number of benzene rings is 1. The molecule has 2 N–H and O–H groups in total. The summed E-state index contributed by atoms with van der Waals surface area (Å²) in [7, 11) is 4.50. The molecule has 0 aliphatic rings. The Labute approximate surface area is 177 Å². The summed E-state index contributed by atoms with van der Waals surface area (Å²) >= 11 is 1.54. The summed E-state index contributed by atoms with van der Waals surface area (Å²) in [5, 5.41) is 11.7. The Bertz CT molecular complexity index is 1040. The van der Waals surface area contributed by atoms with E-state index in [1.54, 1.807) is 29.5 Å². The van der Waals surface area contributed by atoms with E-state index in [0.717, 1.165) is 4.88 Å². The van der Waals surface area contributed by atoms with Crippen molar-refractivity contribution in [2.45, 2.75) is 6.54 Å². The number of rotatable bonds is 8. The summed E-state index contributed by atoms with van der Waals surface area (Å²) in [6, 6.07) is 9.83. The minimum atomic E-state index is -0.438. The van der Waals surface area contributed by atoms with Crippen LogP contribution in [-0.4, -0.2) is 43.7 Å². The molecule has 3 rings (SSSR count). The number of hydrogen-bond donors (Lipinski definition) is 2. The van der Waals surface area contributed by atoms with Crippen molar-refractivity contribution >= 4 is 23.1 Å². The van der Waals surface area contributed by atoms with Crippen molar-refractivity contribution < 1.29 is 19.0 Å². The number of ether oxygens (including phenoxy) is 3. The maximum atomic E-state index is 12.3. The van der Waals surface area contributed by atoms with Crippen LogP contribution in [0.4, 0.5) is 10.5 Å². The van der Waals surface area contributed by atoms with Gasteiger partial charge in [-0.15, -0.1) is 11.3 Å². The molecule has 0 saturated heterocycles. The zero-order valence-corrected chi connectivity index (χ0v) is 17.6. The highest BCUT2D eigenvalue weighted by Crippen LogP contribution is 2.39. The molecule has 0 aliphatic heterocycles. The van der Waals surface area contributed by atoms with Gasteiger partial charge in [-0.05, 0) is 17.5 Å². The van der Waals surface area contributed by atoms with Gasteiger partial charge in [-0.1, -0.05) is 6.07 Å². The van der Waals surface area contributed by atoms with Gasteiger partial charge < -0.3 is 24.8 Å². The van der Waals surface area contributed by atoms with Gasteiger partial charge in [-0.3, -0.25) is 4.79 Å². The Hall–Kier alpha value is -3.53. The topological polar surface area (TPSA) is 104 Å². The van der Waals surface area contributed by atoms with Crippen molar-refractivity contribution in [1.29, 1.82) is 0 Å². The lowest BCUT2D eigenvalue weighted by Crippen LogP contribution is -2.34. The maximum Gasteiger partial charge on any atom is 0.319 e. The van der Waals surface area contributed by atoms with Crippen molar-refractivity contribution in [3.63, 3.8) is 0 Å². The molecule has 2 heterocycles. The number of carbonyl (C=O) groups excluding carboxylic acids is 1. The number of carbonyl (C=O) groups is 1. The highest BCUT2D eigenvalue weighted by molar-refractivity contribution is 7.13. The van der Waals surface area contributed by atoms with Gasteiger partial charge in [0.15, 0.2) is 11.5 Å². The van der Waals surface area contributed by atoms with E-state index in [0.29, 0.717) is 28.6 Å². The number of methoxy groups -OCH3 is 3. The number of thiophene rings is 1. The van der Waals surface area contributed by atoms with Crippen LogP contribution in [0.3, 0.4) is 0 Å². The molecule has 0 spiro atoms. The molecule has 2 aromatic heterocycles.